The lowest BCUT2D eigenvalue weighted by Crippen LogP contribution is -2.40. The number of halogens is 2. The summed E-state index contributed by atoms with van der Waals surface area (Å²) in [6, 6.07) is 2.86. The van der Waals surface area contributed by atoms with Gasteiger partial charge in [0.15, 0.2) is 11.6 Å². The zero-order valence-electron chi connectivity index (χ0n) is 19.5. The van der Waals surface area contributed by atoms with E-state index in [2.05, 4.69) is 10.3 Å². The minimum Gasteiger partial charge on any atom is -0.487 e. The first-order valence-electron chi connectivity index (χ1n) is 11.4. The molecule has 11 heteroatoms. The Balaban J connectivity index is 1.36. The van der Waals surface area contributed by atoms with Gasteiger partial charge in [-0.2, -0.15) is 0 Å². The Kier molecular flexibility index (Phi) is 8.44. The van der Waals surface area contributed by atoms with Crippen molar-refractivity contribution in [2.75, 3.05) is 26.2 Å². The maximum atomic E-state index is 14.1. The lowest BCUT2D eigenvalue weighted by atomic mass is 9.91. The third kappa shape index (κ3) is 5.97. The van der Waals surface area contributed by atoms with Crippen LogP contribution in [0.1, 0.15) is 40.3 Å². The topological polar surface area (TPSA) is 91.8 Å². The number of aromatic nitrogens is 1. The van der Waals surface area contributed by atoms with Crippen molar-refractivity contribution in [1.82, 2.24) is 15.2 Å². The fraction of sp³-hybridized carbons (Fsp3) is 0.320. The monoisotopic (exact) mass is 533 g/mol. The second-order valence-electron chi connectivity index (χ2n) is 8.12. The average Bonchev–Trinajstić information content (AvgIpc) is 3.55. The van der Waals surface area contributed by atoms with Crippen molar-refractivity contribution in [2.24, 2.45) is 0 Å². The third-order valence-electron chi connectivity index (χ3n) is 5.68. The first-order valence-corrected chi connectivity index (χ1v) is 13.2. The third-order valence-corrected chi connectivity index (χ3v) is 7.46. The standard InChI is InChI=1S/C25H25F2N3O4S2/c1-2-28-8-9-30(12-22(31)32)25(33)20-14-36-21(29-20)13-34-16-5-3-15(4-6-16)18-11-19(26)23(27)17-7-10-35-24(17)18/h3,5-7,10-11,14-15,28H,2,4,8-9,12-13H2,1H3,(H,31,32). The van der Waals surface area contributed by atoms with Crippen molar-refractivity contribution in [3.63, 3.8) is 0 Å². The molecular weight excluding hydrogens is 508 g/mol. The number of carbonyl (C=O) groups excluding carboxylic acids is 1. The van der Waals surface area contributed by atoms with E-state index in [4.69, 9.17) is 9.84 Å². The number of likely N-dealkylation sites (N-methyl/N-ethyl adjacent to an activating group) is 1. The van der Waals surface area contributed by atoms with E-state index in [9.17, 15) is 18.4 Å². The van der Waals surface area contributed by atoms with Crippen LogP contribution in [0.25, 0.3) is 10.1 Å². The van der Waals surface area contributed by atoms with E-state index in [-0.39, 0.29) is 24.8 Å². The van der Waals surface area contributed by atoms with Crippen LogP contribution >= 0.6 is 22.7 Å². The molecular formula is C25H25F2N3O4S2. The zero-order valence-corrected chi connectivity index (χ0v) is 21.1. The fourth-order valence-corrected chi connectivity index (χ4v) is 5.55. The molecule has 190 valence electrons. The van der Waals surface area contributed by atoms with E-state index in [1.54, 1.807) is 22.9 Å². The van der Waals surface area contributed by atoms with Crippen molar-refractivity contribution >= 4 is 44.6 Å². The Bertz CT molecular complexity index is 1320. The number of hydrogen-bond donors (Lipinski definition) is 2. The number of fused-ring (bicyclic) bond motifs is 1. The molecule has 1 unspecified atom stereocenters. The van der Waals surface area contributed by atoms with E-state index >= 15 is 0 Å². The van der Waals surface area contributed by atoms with Crippen molar-refractivity contribution in [3.05, 3.63) is 74.8 Å². The van der Waals surface area contributed by atoms with Crippen LogP contribution in [0.4, 0.5) is 8.78 Å². The number of carboxylic acid groups (broad SMARTS) is 1. The molecule has 2 N–H and O–H groups in total. The number of rotatable bonds is 11. The minimum atomic E-state index is -1.09. The van der Waals surface area contributed by atoms with Gasteiger partial charge >= 0.3 is 5.97 Å². The van der Waals surface area contributed by atoms with Crippen LogP contribution in [0.5, 0.6) is 0 Å². The number of hydrogen-bond acceptors (Lipinski definition) is 7. The Hall–Kier alpha value is -3.15. The van der Waals surface area contributed by atoms with Gasteiger partial charge in [0, 0.05) is 34.5 Å². The van der Waals surface area contributed by atoms with Crippen LogP contribution in [0.3, 0.4) is 0 Å². The Morgan fingerprint density at radius 1 is 1.33 bits per heavy atom. The number of carboxylic acids is 1. The number of nitrogens with zero attached hydrogens (tertiary/aromatic N) is 2. The number of allylic oxidation sites excluding steroid dienone is 3. The first kappa shape index (κ1) is 25.9. The number of benzene rings is 1. The van der Waals surface area contributed by atoms with Gasteiger partial charge in [0.05, 0.1) is 0 Å². The molecule has 3 aromatic rings. The van der Waals surface area contributed by atoms with Crippen molar-refractivity contribution in [3.8, 4) is 0 Å². The molecule has 2 heterocycles. The Labute approximate surface area is 214 Å². The van der Waals surface area contributed by atoms with E-state index < -0.39 is 30.1 Å². The number of aliphatic carboxylic acids is 1. The maximum absolute atomic E-state index is 14.1. The molecule has 0 saturated heterocycles. The Morgan fingerprint density at radius 2 is 2.17 bits per heavy atom. The van der Waals surface area contributed by atoms with Gasteiger partial charge in [-0.05, 0) is 48.2 Å². The van der Waals surface area contributed by atoms with E-state index in [1.807, 2.05) is 19.1 Å². The van der Waals surface area contributed by atoms with Crippen LogP contribution in [0, 0.1) is 11.6 Å². The summed E-state index contributed by atoms with van der Waals surface area (Å²) in [6.45, 7) is 3.14. The largest absolute Gasteiger partial charge is 0.487 e. The SMILES string of the molecule is CCNCCN(CC(=O)O)C(=O)c1csc(COC2=CCC(c3cc(F)c(F)c4ccsc34)C=C2)n1. The molecule has 1 aliphatic carbocycles. The van der Waals surface area contributed by atoms with Crippen molar-refractivity contribution < 1.29 is 28.2 Å². The molecule has 4 rings (SSSR count). The van der Waals surface area contributed by atoms with Crippen molar-refractivity contribution in [2.45, 2.75) is 25.9 Å². The van der Waals surface area contributed by atoms with E-state index in [0.29, 0.717) is 29.1 Å². The molecule has 0 radical (unpaired) electrons. The quantitative estimate of drug-likeness (QED) is 0.340. The van der Waals surface area contributed by atoms with Crippen LogP contribution in [0.2, 0.25) is 0 Å². The van der Waals surface area contributed by atoms with E-state index in [1.165, 1.54) is 33.6 Å². The van der Waals surface area contributed by atoms with Gasteiger partial charge in [0.2, 0.25) is 0 Å². The van der Waals surface area contributed by atoms with Crippen LogP contribution in [-0.2, 0) is 16.1 Å². The summed E-state index contributed by atoms with van der Waals surface area (Å²) in [6.07, 6.45) is 6.16. The summed E-state index contributed by atoms with van der Waals surface area (Å²) in [4.78, 5) is 29.5. The van der Waals surface area contributed by atoms with Gasteiger partial charge in [-0.1, -0.05) is 13.0 Å². The van der Waals surface area contributed by atoms with Gasteiger partial charge in [-0.25, -0.2) is 13.8 Å². The second-order valence-corrected chi connectivity index (χ2v) is 9.98. The normalized spacial score (nSPS) is 15.2. The molecule has 1 amide bonds. The molecule has 0 bridgehead atoms. The summed E-state index contributed by atoms with van der Waals surface area (Å²) in [5.74, 6) is -2.68. The first-order chi connectivity index (χ1) is 17.4. The molecule has 7 nitrogen and oxygen atoms in total. The van der Waals surface area contributed by atoms with E-state index in [0.717, 1.165) is 16.8 Å². The highest BCUT2D eigenvalue weighted by Gasteiger charge is 2.22. The minimum absolute atomic E-state index is 0.0971. The molecule has 0 aliphatic heterocycles. The van der Waals surface area contributed by atoms with Gasteiger partial charge < -0.3 is 20.1 Å². The van der Waals surface area contributed by atoms with Gasteiger partial charge in [0.1, 0.15) is 29.6 Å². The molecule has 2 aromatic heterocycles. The number of thiazole rings is 1. The number of nitrogens with one attached hydrogen (secondary N) is 1. The predicted molar refractivity (Wildman–Crippen MR) is 135 cm³/mol. The number of carbonyl (C=O) groups is 2. The summed E-state index contributed by atoms with van der Waals surface area (Å²) in [5.41, 5.74) is 0.927. The highest BCUT2D eigenvalue weighted by molar-refractivity contribution is 7.17. The zero-order chi connectivity index (χ0) is 25.7. The number of ether oxygens (including phenoxy) is 1. The van der Waals surface area contributed by atoms with Crippen molar-refractivity contribution in [1.29, 1.82) is 0 Å². The summed E-state index contributed by atoms with van der Waals surface area (Å²) in [7, 11) is 0. The molecule has 0 saturated carbocycles. The van der Waals surface area contributed by atoms with Crippen LogP contribution < -0.4 is 5.32 Å². The maximum Gasteiger partial charge on any atom is 0.323 e. The number of amides is 1. The summed E-state index contributed by atoms with van der Waals surface area (Å²) >= 11 is 2.65. The average molecular weight is 534 g/mol. The smallest absolute Gasteiger partial charge is 0.323 e. The molecule has 0 fully saturated rings. The molecule has 1 aliphatic rings. The second kappa shape index (κ2) is 11.7. The molecule has 36 heavy (non-hydrogen) atoms. The van der Waals surface area contributed by atoms with Gasteiger partial charge in [-0.15, -0.1) is 22.7 Å². The Morgan fingerprint density at radius 3 is 2.89 bits per heavy atom. The predicted octanol–water partition coefficient (Wildman–Crippen LogP) is 4.92. The van der Waals surface area contributed by atoms with Gasteiger partial charge in [-0.3, -0.25) is 9.59 Å². The molecule has 0 spiro atoms. The van der Waals surface area contributed by atoms with Crippen LogP contribution in [-0.4, -0.2) is 53.0 Å². The molecule has 1 aromatic carbocycles. The highest BCUT2D eigenvalue weighted by Crippen LogP contribution is 2.37. The lowest BCUT2D eigenvalue weighted by molar-refractivity contribution is -0.137. The highest BCUT2D eigenvalue weighted by atomic mass is 32.1. The summed E-state index contributed by atoms with van der Waals surface area (Å²) in [5, 5.41) is 16.4. The fourth-order valence-electron chi connectivity index (χ4n) is 3.90. The van der Waals surface area contributed by atoms with Crippen LogP contribution in [0.15, 0.2) is 46.9 Å². The lowest BCUT2D eigenvalue weighted by Gasteiger charge is -2.19. The number of thiophene rings is 1. The summed E-state index contributed by atoms with van der Waals surface area (Å²) < 4.78 is 34.7. The molecule has 1 atom stereocenters. The van der Waals surface area contributed by atoms with Gasteiger partial charge in [0.25, 0.3) is 5.91 Å².